The number of hydrogen-bond donors (Lipinski definition) is 0. The molecule has 3 aromatic rings. The molecule has 0 radical (unpaired) electrons. The number of fused-ring (bicyclic) bond motifs is 2. The normalized spacial score (nSPS) is 14.7. The van der Waals surface area contributed by atoms with Gasteiger partial charge in [0.15, 0.2) is 5.75 Å². The van der Waals surface area contributed by atoms with Crippen LogP contribution in [-0.4, -0.2) is 16.7 Å². The number of nitro groups is 1. The Labute approximate surface area is 160 Å². The lowest BCUT2D eigenvalue weighted by molar-refractivity contribution is -0.386. The number of nitro benzene ring substituents is 1. The van der Waals surface area contributed by atoms with Crippen molar-refractivity contribution in [2.24, 2.45) is 0 Å². The molecule has 0 amide bonds. The quantitative estimate of drug-likeness (QED) is 0.374. The average molecular weight is 379 g/mol. The van der Waals surface area contributed by atoms with Crippen molar-refractivity contribution in [1.29, 1.82) is 0 Å². The Kier molecular flexibility index (Phi) is 4.15. The van der Waals surface area contributed by atoms with Crippen LogP contribution in [0.4, 0.5) is 5.69 Å². The summed E-state index contributed by atoms with van der Waals surface area (Å²) in [5.74, 6) is -1.72. The summed E-state index contributed by atoms with van der Waals surface area (Å²) >= 11 is 0. The van der Waals surface area contributed by atoms with Crippen molar-refractivity contribution in [3.63, 3.8) is 0 Å². The molecule has 0 fully saturated rings. The second-order valence-electron chi connectivity index (χ2n) is 6.93. The molecule has 7 heteroatoms. The molecule has 28 heavy (non-hydrogen) atoms. The molecule has 0 saturated carbocycles. The third-order valence-electron chi connectivity index (χ3n) is 4.38. The second-order valence-corrected chi connectivity index (χ2v) is 6.93. The minimum Gasteiger partial charge on any atom is -0.482 e. The minimum atomic E-state index is -1.19. The maximum atomic E-state index is 12.2. The molecule has 4 rings (SSSR count). The first kappa shape index (κ1) is 17.8. The van der Waals surface area contributed by atoms with E-state index in [1.165, 1.54) is 12.1 Å². The van der Waals surface area contributed by atoms with Crippen molar-refractivity contribution in [3.05, 3.63) is 75.8 Å². The van der Waals surface area contributed by atoms with E-state index in [4.69, 9.17) is 14.2 Å². The summed E-state index contributed by atoms with van der Waals surface area (Å²) in [5, 5.41) is 13.6. The number of carbonyl (C=O) groups excluding carboxylic acids is 1. The molecular formula is C21H17NO6. The van der Waals surface area contributed by atoms with Gasteiger partial charge in [-0.2, -0.15) is 0 Å². The van der Waals surface area contributed by atoms with Crippen molar-refractivity contribution in [1.82, 2.24) is 0 Å². The van der Waals surface area contributed by atoms with Gasteiger partial charge in [-0.15, -0.1) is 0 Å². The lowest BCUT2D eigenvalue weighted by Crippen LogP contribution is -2.38. The third kappa shape index (κ3) is 3.34. The molecule has 0 unspecified atom stereocenters. The number of cyclic esters (lactones) is 1. The van der Waals surface area contributed by atoms with Gasteiger partial charge in [0.25, 0.3) is 0 Å². The third-order valence-corrected chi connectivity index (χ3v) is 4.38. The number of benzene rings is 3. The summed E-state index contributed by atoms with van der Waals surface area (Å²) in [6.07, 6.45) is 0. The zero-order valence-corrected chi connectivity index (χ0v) is 15.3. The van der Waals surface area contributed by atoms with Crippen LogP contribution in [0.1, 0.15) is 29.8 Å². The number of carbonyl (C=O) groups is 1. The lowest BCUT2D eigenvalue weighted by atomic mass is 10.1. The van der Waals surface area contributed by atoms with Gasteiger partial charge in [-0.1, -0.05) is 36.4 Å². The number of esters is 1. The summed E-state index contributed by atoms with van der Waals surface area (Å²) in [5.41, 5.74) is 0.675. The van der Waals surface area contributed by atoms with Gasteiger partial charge in [-0.05, 0) is 22.4 Å². The summed E-state index contributed by atoms with van der Waals surface area (Å²) in [7, 11) is 0. The van der Waals surface area contributed by atoms with Crippen molar-refractivity contribution >= 4 is 22.4 Å². The Hall–Kier alpha value is -3.61. The van der Waals surface area contributed by atoms with Crippen LogP contribution in [0, 0.1) is 10.1 Å². The lowest BCUT2D eigenvalue weighted by Gasteiger charge is -2.31. The number of ether oxygens (including phenoxy) is 3. The molecule has 0 aliphatic carbocycles. The Morgan fingerprint density at radius 2 is 1.79 bits per heavy atom. The van der Waals surface area contributed by atoms with Gasteiger partial charge in [0, 0.05) is 19.9 Å². The number of nitrogens with zero attached hydrogens (tertiary/aromatic N) is 1. The predicted octanol–water partition coefficient (Wildman–Crippen LogP) is 4.61. The molecule has 3 aromatic carbocycles. The fourth-order valence-electron chi connectivity index (χ4n) is 3.10. The number of hydrogen-bond acceptors (Lipinski definition) is 6. The van der Waals surface area contributed by atoms with Gasteiger partial charge in [0.1, 0.15) is 17.9 Å². The predicted molar refractivity (Wildman–Crippen MR) is 101 cm³/mol. The molecule has 1 heterocycles. The van der Waals surface area contributed by atoms with Crippen LogP contribution in [0.25, 0.3) is 10.8 Å². The van der Waals surface area contributed by atoms with E-state index in [1.54, 1.807) is 13.8 Å². The van der Waals surface area contributed by atoms with Crippen LogP contribution in [0.2, 0.25) is 0 Å². The highest BCUT2D eigenvalue weighted by Gasteiger charge is 2.36. The Balaban J connectivity index is 1.65. The van der Waals surface area contributed by atoms with E-state index in [0.717, 1.165) is 16.3 Å². The van der Waals surface area contributed by atoms with Gasteiger partial charge in [-0.25, -0.2) is 4.79 Å². The van der Waals surface area contributed by atoms with E-state index >= 15 is 0 Å². The molecule has 0 N–H and O–H groups in total. The summed E-state index contributed by atoms with van der Waals surface area (Å²) in [6, 6.07) is 16.2. The highest BCUT2D eigenvalue weighted by Crippen LogP contribution is 2.40. The van der Waals surface area contributed by atoms with Crippen LogP contribution >= 0.6 is 0 Å². The molecule has 142 valence electrons. The molecule has 0 aromatic heterocycles. The zero-order valence-electron chi connectivity index (χ0n) is 15.3. The average Bonchev–Trinajstić information content (AvgIpc) is 2.65. The summed E-state index contributed by atoms with van der Waals surface area (Å²) in [4.78, 5) is 23.2. The molecule has 1 aliphatic rings. The molecule has 0 atom stereocenters. The highest BCUT2D eigenvalue weighted by molar-refractivity contribution is 5.95. The Morgan fingerprint density at radius 1 is 1.04 bits per heavy atom. The van der Waals surface area contributed by atoms with Gasteiger partial charge < -0.3 is 14.2 Å². The van der Waals surface area contributed by atoms with Crippen LogP contribution in [0.5, 0.6) is 11.5 Å². The van der Waals surface area contributed by atoms with Gasteiger partial charge in [0.05, 0.1) is 11.0 Å². The number of rotatable bonds is 4. The van der Waals surface area contributed by atoms with Gasteiger partial charge in [0.2, 0.25) is 5.79 Å². The largest absolute Gasteiger partial charge is 0.482 e. The van der Waals surface area contributed by atoms with Crippen LogP contribution < -0.4 is 9.47 Å². The molecule has 0 saturated heterocycles. The first-order chi connectivity index (χ1) is 13.3. The highest BCUT2D eigenvalue weighted by atomic mass is 16.7. The zero-order chi connectivity index (χ0) is 19.9. The maximum Gasteiger partial charge on any atom is 0.345 e. The van der Waals surface area contributed by atoms with Gasteiger partial charge >= 0.3 is 11.7 Å². The first-order valence-electron chi connectivity index (χ1n) is 8.68. The van der Waals surface area contributed by atoms with Crippen molar-refractivity contribution in [2.75, 3.05) is 0 Å². The van der Waals surface area contributed by atoms with Crippen molar-refractivity contribution in [3.8, 4) is 11.5 Å². The first-order valence-corrected chi connectivity index (χ1v) is 8.68. The van der Waals surface area contributed by atoms with E-state index in [2.05, 4.69) is 0 Å². The fraction of sp³-hybridized carbons (Fsp3) is 0.190. The topological polar surface area (TPSA) is 87.9 Å². The molecule has 1 aliphatic heterocycles. The van der Waals surface area contributed by atoms with E-state index in [0.29, 0.717) is 0 Å². The van der Waals surface area contributed by atoms with Crippen LogP contribution in [-0.2, 0) is 11.3 Å². The Bertz CT molecular complexity index is 1110. The molecule has 7 nitrogen and oxygen atoms in total. The SMILES string of the molecule is CC1(C)OC(=O)c2cc(OCc3ccc4ccccc4c3)c([N+](=O)[O-])cc2O1. The molecule has 0 spiro atoms. The van der Waals surface area contributed by atoms with Crippen molar-refractivity contribution in [2.45, 2.75) is 26.2 Å². The van der Waals surface area contributed by atoms with Crippen LogP contribution in [0.3, 0.4) is 0 Å². The Morgan fingerprint density at radius 3 is 2.54 bits per heavy atom. The minimum absolute atomic E-state index is 0.0165. The van der Waals surface area contributed by atoms with Crippen LogP contribution in [0.15, 0.2) is 54.6 Å². The van der Waals surface area contributed by atoms with E-state index in [1.807, 2.05) is 42.5 Å². The van der Waals surface area contributed by atoms with Crippen molar-refractivity contribution < 1.29 is 23.9 Å². The van der Waals surface area contributed by atoms with Gasteiger partial charge in [-0.3, -0.25) is 10.1 Å². The monoisotopic (exact) mass is 379 g/mol. The fourth-order valence-corrected chi connectivity index (χ4v) is 3.10. The summed E-state index contributed by atoms with van der Waals surface area (Å²) in [6.45, 7) is 3.24. The maximum absolute atomic E-state index is 12.2. The smallest absolute Gasteiger partial charge is 0.345 e. The second kappa shape index (κ2) is 6.53. The molecule has 0 bridgehead atoms. The van der Waals surface area contributed by atoms with E-state index in [9.17, 15) is 14.9 Å². The standard InChI is InChI=1S/C21H17NO6/c1-21(2)27-18-11-17(22(24)25)19(10-16(18)20(23)28-21)26-12-13-7-8-14-5-3-4-6-15(14)9-13/h3-11H,12H2,1-2H3. The molecular weight excluding hydrogens is 362 g/mol. The van der Waals surface area contributed by atoms with E-state index < -0.39 is 16.7 Å². The summed E-state index contributed by atoms with van der Waals surface area (Å²) < 4.78 is 16.4. The van der Waals surface area contributed by atoms with E-state index in [-0.39, 0.29) is 29.4 Å².